The quantitative estimate of drug-likeness (QED) is 0.442. The monoisotopic (exact) mass is 472 g/mol. The minimum Gasteiger partial charge on any atom is -0.481 e. The summed E-state index contributed by atoms with van der Waals surface area (Å²) in [5.74, 6) is 0.584. The zero-order valence-electron chi connectivity index (χ0n) is 18.0. The first kappa shape index (κ1) is 23.6. The Kier molecular flexibility index (Phi) is 7.43. The van der Waals surface area contributed by atoms with Crippen molar-refractivity contribution in [2.75, 3.05) is 10.0 Å². The van der Waals surface area contributed by atoms with Crippen LogP contribution in [0.15, 0.2) is 77.7 Å². The van der Waals surface area contributed by atoms with E-state index < -0.39 is 16.1 Å². The lowest BCUT2D eigenvalue weighted by Crippen LogP contribution is -2.30. The van der Waals surface area contributed by atoms with E-state index in [4.69, 9.17) is 16.3 Å². The molecule has 1 atom stereocenters. The Balaban J connectivity index is 1.66. The molecule has 8 heteroatoms. The fourth-order valence-corrected chi connectivity index (χ4v) is 4.34. The molecule has 3 aromatic rings. The van der Waals surface area contributed by atoms with Gasteiger partial charge in [-0.3, -0.25) is 9.52 Å². The molecule has 0 spiro atoms. The second kappa shape index (κ2) is 10.1. The van der Waals surface area contributed by atoms with Gasteiger partial charge in [0.15, 0.2) is 6.10 Å². The van der Waals surface area contributed by atoms with Crippen molar-refractivity contribution in [3.05, 3.63) is 83.4 Å². The van der Waals surface area contributed by atoms with E-state index >= 15 is 0 Å². The summed E-state index contributed by atoms with van der Waals surface area (Å²) in [6.07, 6.45) is -0.736. The van der Waals surface area contributed by atoms with Crippen LogP contribution >= 0.6 is 11.6 Å². The van der Waals surface area contributed by atoms with Crippen LogP contribution in [0.1, 0.15) is 32.3 Å². The maximum Gasteiger partial charge on any atom is 0.265 e. The van der Waals surface area contributed by atoms with Crippen LogP contribution in [0.25, 0.3) is 0 Å². The van der Waals surface area contributed by atoms with Crippen LogP contribution in [0, 0.1) is 0 Å². The summed E-state index contributed by atoms with van der Waals surface area (Å²) in [6.45, 7) is 5.78. The number of carbonyl (C=O) groups is 1. The molecule has 0 saturated heterocycles. The van der Waals surface area contributed by atoms with Gasteiger partial charge in [-0.05, 0) is 60.9 Å². The Morgan fingerprint density at radius 3 is 2.19 bits per heavy atom. The van der Waals surface area contributed by atoms with Gasteiger partial charge < -0.3 is 10.1 Å². The average molecular weight is 473 g/mol. The third kappa shape index (κ3) is 5.81. The highest BCUT2D eigenvalue weighted by atomic mass is 35.5. The number of hydrogen-bond acceptors (Lipinski definition) is 4. The molecular formula is C24H25ClN2O4S. The Bertz CT molecular complexity index is 1190. The Hall–Kier alpha value is -3.03. The van der Waals surface area contributed by atoms with Crippen LogP contribution in [0.4, 0.5) is 11.4 Å². The Labute approximate surface area is 193 Å². The molecule has 3 aromatic carbocycles. The number of ether oxygens (including phenoxy) is 1. The first-order chi connectivity index (χ1) is 15.2. The predicted octanol–water partition coefficient (Wildman–Crippen LogP) is 5.67. The number of hydrogen-bond donors (Lipinski definition) is 2. The number of rotatable bonds is 8. The first-order valence-corrected chi connectivity index (χ1v) is 12.0. The topological polar surface area (TPSA) is 84.5 Å². The van der Waals surface area contributed by atoms with Crippen molar-refractivity contribution in [2.24, 2.45) is 0 Å². The van der Waals surface area contributed by atoms with E-state index in [1.54, 1.807) is 31.2 Å². The number of halogens is 1. The highest BCUT2D eigenvalue weighted by Crippen LogP contribution is 2.27. The van der Waals surface area contributed by atoms with Gasteiger partial charge in [0.05, 0.1) is 15.6 Å². The molecule has 2 N–H and O–H groups in total. The summed E-state index contributed by atoms with van der Waals surface area (Å²) in [4.78, 5) is 12.6. The SMILES string of the molecule is CC(C)c1ccccc1O[C@@H](C)C(=O)Nc1ccc(S(=O)(=O)Nc2ccccc2Cl)cc1. The standard InChI is InChI=1S/C24H25ClN2O4S/c1-16(2)20-8-4-7-11-23(20)31-17(3)24(28)26-18-12-14-19(15-13-18)32(29,30)27-22-10-6-5-9-21(22)25/h4-17,27H,1-3H3,(H,26,28)/t17-/m0/s1. The molecule has 0 aromatic heterocycles. The largest absolute Gasteiger partial charge is 0.481 e. The lowest BCUT2D eigenvalue weighted by molar-refractivity contribution is -0.122. The maximum absolute atomic E-state index is 12.6. The van der Waals surface area contributed by atoms with Gasteiger partial charge >= 0.3 is 0 Å². The van der Waals surface area contributed by atoms with Crippen molar-refractivity contribution >= 4 is 38.9 Å². The number of sulfonamides is 1. The van der Waals surface area contributed by atoms with Gasteiger partial charge in [0.1, 0.15) is 5.75 Å². The summed E-state index contributed by atoms with van der Waals surface area (Å²) in [5.41, 5.74) is 1.77. The zero-order valence-corrected chi connectivity index (χ0v) is 19.6. The lowest BCUT2D eigenvalue weighted by Gasteiger charge is -2.18. The van der Waals surface area contributed by atoms with Gasteiger partial charge in [0, 0.05) is 5.69 Å². The molecule has 0 aliphatic heterocycles. The van der Waals surface area contributed by atoms with E-state index in [-0.39, 0.29) is 16.7 Å². The molecule has 0 unspecified atom stereocenters. The molecule has 6 nitrogen and oxygen atoms in total. The molecule has 0 radical (unpaired) electrons. The smallest absolute Gasteiger partial charge is 0.265 e. The third-order valence-electron chi connectivity index (χ3n) is 4.76. The second-order valence-corrected chi connectivity index (χ2v) is 9.64. The summed E-state index contributed by atoms with van der Waals surface area (Å²) in [7, 11) is -3.82. The van der Waals surface area contributed by atoms with Crippen molar-refractivity contribution in [1.29, 1.82) is 0 Å². The predicted molar refractivity (Wildman–Crippen MR) is 128 cm³/mol. The van der Waals surface area contributed by atoms with Crippen molar-refractivity contribution in [3.63, 3.8) is 0 Å². The zero-order chi connectivity index (χ0) is 23.3. The number of carbonyl (C=O) groups excluding carboxylic acids is 1. The molecule has 0 fully saturated rings. The van der Waals surface area contributed by atoms with Gasteiger partial charge in [0.2, 0.25) is 0 Å². The van der Waals surface area contributed by atoms with E-state index in [0.29, 0.717) is 22.1 Å². The van der Waals surface area contributed by atoms with Gasteiger partial charge in [0.25, 0.3) is 15.9 Å². The van der Waals surface area contributed by atoms with Crippen molar-refractivity contribution in [1.82, 2.24) is 0 Å². The summed E-state index contributed by atoms with van der Waals surface area (Å²) in [5, 5.41) is 3.05. The number of anilines is 2. The van der Waals surface area contributed by atoms with Crippen molar-refractivity contribution in [2.45, 2.75) is 37.7 Å². The maximum atomic E-state index is 12.6. The van der Waals surface area contributed by atoms with E-state index in [1.807, 2.05) is 24.3 Å². The average Bonchev–Trinajstić information content (AvgIpc) is 2.76. The molecule has 32 heavy (non-hydrogen) atoms. The first-order valence-electron chi connectivity index (χ1n) is 10.1. The molecule has 0 aliphatic rings. The Morgan fingerprint density at radius 2 is 1.53 bits per heavy atom. The molecular weight excluding hydrogens is 448 g/mol. The van der Waals surface area contributed by atoms with E-state index in [0.717, 1.165) is 5.56 Å². The van der Waals surface area contributed by atoms with Crippen molar-refractivity contribution < 1.29 is 17.9 Å². The number of nitrogens with one attached hydrogen (secondary N) is 2. The molecule has 0 bridgehead atoms. The number of amides is 1. The highest BCUT2D eigenvalue weighted by molar-refractivity contribution is 7.92. The molecule has 168 valence electrons. The van der Waals surface area contributed by atoms with Crippen LogP contribution in [-0.2, 0) is 14.8 Å². The fraction of sp³-hybridized carbons (Fsp3) is 0.208. The van der Waals surface area contributed by atoms with Crippen LogP contribution in [0.2, 0.25) is 5.02 Å². The molecule has 1 amide bonds. The number of para-hydroxylation sites is 2. The van der Waals surface area contributed by atoms with Gasteiger partial charge in [-0.1, -0.05) is 55.8 Å². The lowest BCUT2D eigenvalue weighted by atomic mass is 10.0. The van der Waals surface area contributed by atoms with Crippen LogP contribution in [0.3, 0.4) is 0 Å². The highest BCUT2D eigenvalue weighted by Gasteiger charge is 2.19. The van der Waals surface area contributed by atoms with E-state index in [2.05, 4.69) is 23.9 Å². The van der Waals surface area contributed by atoms with Gasteiger partial charge in [-0.15, -0.1) is 0 Å². The van der Waals surface area contributed by atoms with E-state index in [1.165, 1.54) is 24.3 Å². The number of benzene rings is 3. The molecule has 3 rings (SSSR count). The van der Waals surface area contributed by atoms with Crippen LogP contribution < -0.4 is 14.8 Å². The summed E-state index contributed by atoms with van der Waals surface area (Å²) >= 11 is 6.03. The third-order valence-corrected chi connectivity index (χ3v) is 6.48. The molecule has 0 heterocycles. The second-order valence-electron chi connectivity index (χ2n) is 7.55. The normalized spacial score (nSPS) is 12.3. The van der Waals surface area contributed by atoms with Crippen LogP contribution in [-0.4, -0.2) is 20.4 Å². The molecule has 0 aliphatic carbocycles. The minimum atomic E-state index is -3.82. The Morgan fingerprint density at radius 1 is 0.906 bits per heavy atom. The molecule has 0 saturated carbocycles. The van der Waals surface area contributed by atoms with Gasteiger partial charge in [-0.2, -0.15) is 0 Å². The summed E-state index contributed by atoms with van der Waals surface area (Å²) in [6, 6.07) is 20.0. The van der Waals surface area contributed by atoms with Gasteiger partial charge in [-0.25, -0.2) is 8.42 Å². The minimum absolute atomic E-state index is 0.0468. The summed E-state index contributed by atoms with van der Waals surface area (Å²) < 4.78 is 33.5. The van der Waals surface area contributed by atoms with Crippen LogP contribution in [0.5, 0.6) is 5.75 Å². The fourth-order valence-electron chi connectivity index (χ4n) is 3.02. The van der Waals surface area contributed by atoms with Crippen molar-refractivity contribution in [3.8, 4) is 5.75 Å². The van der Waals surface area contributed by atoms with E-state index in [9.17, 15) is 13.2 Å².